The Bertz CT molecular complexity index is 900. The summed E-state index contributed by atoms with van der Waals surface area (Å²) in [5.41, 5.74) is -0.0104. The normalized spacial score (nSPS) is 16.9. The van der Waals surface area contributed by atoms with Gasteiger partial charge in [-0.3, -0.25) is 0 Å². The quantitative estimate of drug-likeness (QED) is 0.279. The molecule has 0 amide bonds. The predicted molar refractivity (Wildman–Crippen MR) is 91.3 cm³/mol. The third kappa shape index (κ3) is 4.07. The van der Waals surface area contributed by atoms with Gasteiger partial charge in [0.15, 0.2) is 11.0 Å². The number of sulfonamides is 1. The average Bonchev–Trinajstić information content (AvgIpc) is 3.13. The number of nitrogens with zero attached hydrogens (tertiary/aromatic N) is 3. The topological polar surface area (TPSA) is 186 Å². The second kappa shape index (κ2) is 8.24. The zero-order chi connectivity index (χ0) is 20.4. The summed E-state index contributed by atoms with van der Waals surface area (Å²) in [6, 6.07) is 1.11. The number of anilines is 1. The van der Waals surface area contributed by atoms with E-state index in [1.165, 1.54) is 26.2 Å². The molecule has 1 heterocycles. The molecule has 1 aromatic carbocycles. The van der Waals surface area contributed by atoms with Crippen molar-refractivity contribution >= 4 is 33.0 Å². The van der Waals surface area contributed by atoms with Crippen LogP contribution in [0, 0.1) is 0 Å². The van der Waals surface area contributed by atoms with E-state index in [9.17, 15) is 28.5 Å². The number of rotatable bonds is 9. The molecule has 4 atom stereocenters. The molecule has 5 N–H and O–H groups in total. The lowest BCUT2D eigenvalue weighted by Gasteiger charge is -2.26. The Morgan fingerprint density at radius 2 is 1.81 bits per heavy atom. The molecule has 0 fully saturated rings. The van der Waals surface area contributed by atoms with Crippen molar-refractivity contribution in [2.24, 2.45) is 0 Å². The maximum atomic E-state index is 12.4. The number of hydrogen-bond donors (Lipinski definition) is 5. The van der Waals surface area contributed by atoms with Crippen molar-refractivity contribution in [1.29, 1.82) is 0 Å². The molecule has 0 aliphatic carbocycles. The van der Waals surface area contributed by atoms with Crippen LogP contribution in [0.4, 0.5) is 5.69 Å². The Hall–Kier alpha value is -2.16. The molecule has 12 nitrogen and oxygen atoms in total. The molecule has 1 aromatic heterocycles. The van der Waals surface area contributed by atoms with Gasteiger partial charge in [0, 0.05) is 14.1 Å². The van der Waals surface area contributed by atoms with Crippen molar-refractivity contribution < 1.29 is 38.3 Å². The number of aldehydes is 1. The highest BCUT2D eigenvalue weighted by Crippen LogP contribution is 2.28. The molecule has 150 valence electrons. The van der Waals surface area contributed by atoms with Crippen LogP contribution in [0.5, 0.6) is 0 Å². The molecule has 0 spiro atoms. The lowest BCUT2D eigenvalue weighted by atomic mass is 10.0. The molecule has 0 bridgehead atoms. The van der Waals surface area contributed by atoms with E-state index in [1.807, 2.05) is 0 Å². The second-order valence-electron chi connectivity index (χ2n) is 5.90. The van der Waals surface area contributed by atoms with Gasteiger partial charge in [-0.15, -0.1) is 0 Å². The molecule has 0 radical (unpaired) electrons. The number of aliphatic hydroxyl groups excluding tert-OH is 4. The van der Waals surface area contributed by atoms with Gasteiger partial charge in [0.2, 0.25) is 10.0 Å². The zero-order valence-electron chi connectivity index (χ0n) is 14.4. The first-order valence-corrected chi connectivity index (χ1v) is 9.13. The van der Waals surface area contributed by atoms with E-state index in [0.717, 1.165) is 4.31 Å². The fourth-order valence-corrected chi connectivity index (χ4v) is 3.30. The summed E-state index contributed by atoms with van der Waals surface area (Å²) >= 11 is 0. The van der Waals surface area contributed by atoms with Gasteiger partial charge in [0.05, 0.1) is 12.3 Å². The van der Waals surface area contributed by atoms with Gasteiger partial charge in [-0.1, -0.05) is 0 Å². The van der Waals surface area contributed by atoms with Crippen LogP contribution >= 0.6 is 0 Å². The Morgan fingerprint density at radius 1 is 1.19 bits per heavy atom. The van der Waals surface area contributed by atoms with Gasteiger partial charge in [-0.2, -0.15) is 0 Å². The number of aromatic nitrogens is 2. The minimum Gasteiger partial charge on any atom is -0.394 e. The molecule has 0 saturated heterocycles. The Labute approximate surface area is 154 Å². The minimum atomic E-state index is -3.85. The summed E-state index contributed by atoms with van der Waals surface area (Å²) in [5, 5.41) is 47.8. The van der Waals surface area contributed by atoms with Gasteiger partial charge in [0.25, 0.3) is 0 Å². The van der Waals surface area contributed by atoms with Gasteiger partial charge >= 0.3 is 0 Å². The van der Waals surface area contributed by atoms with Crippen LogP contribution in [0.25, 0.3) is 11.0 Å². The molecule has 0 unspecified atom stereocenters. The fraction of sp³-hybridized carbons (Fsp3) is 0.500. The van der Waals surface area contributed by atoms with Crippen LogP contribution in [0.2, 0.25) is 0 Å². The highest BCUT2D eigenvalue weighted by Gasteiger charge is 2.32. The maximum Gasteiger partial charge on any atom is 0.244 e. The van der Waals surface area contributed by atoms with Crippen LogP contribution in [-0.4, -0.2) is 94.8 Å². The zero-order valence-corrected chi connectivity index (χ0v) is 15.2. The lowest BCUT2D eigenvalue weighted by molar-refractivity contribution is -0.117. The Morgan fingerprint density at radius 3 is 2.37 bits per heavy atom. The van der Waals surface area contributed by atoms with Crippen LogP contribution in [0.15, 0.2) is 21.7 Å². The molecule has 2 rings (SSSR count). The largest absolute Gasteiger partial charge is 0.394 e. The van der Waals surface area contributed by atoms with Crippen LogP contribution < -0.4 is 5.32 Å². The van der Waals surface area contributed by atoms with E-state index in [1.54, 1.807) is 0 Å². The van der Waals surface area contributed by atoms with E-state index in [4.69, 9.17) is 5.11 Å². The van der Waals surface area contributed by atoms with Gasteiger partial charge in [-0.05, 0) is 22.4 Å². The Kier molecular flexibility index (Phi) is 6.46. The van der Waals surface area contributed by atoms with Crippen molar-refractivity contribution in [3.63, 3.8) is 0 Å². The molecular formula is C14H20N4O8S. The molecule has 27 heavy (non-hydrogen) atoms. The van der Waals surface area contributed by atoms with Crippen molar-refractivity contribution in [1.82, 2.24) is 14.6 Å². The summed E-state index contributed by atoms with van der Waals surface area (Å²) in [7, 11) is -1.16. The maximum absolute atomic E-state index is 12.4. The van der Waals surface area contributed by atoms with Crippen LogP contribution in [0.3, 0.4) is 0 Å². The summed E-state index contributed by atoms with van der Waals surface area (Å²) in [6.45, 7) is -0.821. The number of carbonyl (C=O) groups is 1. The van der Waals surface area contributed by atoms with Crippen molar-refractivity contribution in [3.8, 4) is 0 Å². The lowest BCUT2D eigenvalue weighted by Crippen LogP contribution is -2.49. The van der Waals surface area contributed by atoms with E-state index >= 15 is 0 Å². The SMILES string of the molecule is CN(C)S(=O)(=O)c1ccc(N[C@H](C=O)[C@H](O)[C@@H](O)[C@@H](O)CO)c2nonc12. The highest BCUT2D eigenvalue weighted by atomic mass is 32.2. The molecule has 13 heteroatoms. The van der Waals surface area contributed by atoms with E-state index < -0.39 is 41.0 Å². The van der Waals surface area contributed by atoms with Crippen LogP contribution in [-0.2, 0) is 14.8 Å². The first kappa shape index (κ1) is 21.1. The summed E-state index contributed by atoms with van der Waals surface area (Å²) in [4.78, 5) is 11.1. The van der Waals surface area contributed by atoms with Gasteiger partial charge in [0.1, 0.15) is 35.5 Å². The number of carbonyl (C=O) groups excluding carboxylic acids is 1. The fourth-order valence-electron chi connectivity index (χ4n) is 2.29. The number of aliphatic hydroxyl groups is 4. The van der Waals surface area contributed by atoms with E-state index in [0.29, 0.717) is 0 Å². The van der Waals surface area contributed by atoms with Crippen LogP contribution in [0.1, 0.15) is 0 Å². The minimum absolute atomic E-state index is 0.0193. The average molecular weight is 404 g/mol. The van der Waals surface area contributed by atoms with Crippen molar-refractivity contribution in [3.05, 3.63) is 12.1 Å². The monoisotopic (exact) mass is 404 g/mol. The second-order valence-corrected chi connectivity index (χ2v) is 8.02. The van der Waals surface area contributed by atoms with Crippen molar-refractivity contribution in [2.45, 2.75) is 29.2 Å². The highest BCUT2D eigenvalue weighted by molar-refractivity contribution is 7.89. The standard InChI is InChI=1S/C14H20N4O8S/c1-18(2)27(24,25)10-4-3-7(11-12(10)17-26-16-11)15-8(5-19)13(22)14(23)9(21)6-20/h3-5,8-9,13-15,20-23H,6H2,1-2H3/t8-,9+,13+,14+/m1/s1. The summed E-state index contributed by atoms with van der Waals surface area (Å²) in [5.74, 6) is 0. The Balaban J connectivity index is 2.40. The number of nitrogens with one attached hydrogen (secondary N) is 1. The number of fused-ring (bicyclic) bond motifs is 1. The molecule has 0 aliphatic rings. The third-order valence-electron chi connectivity index (χ3n) is 3.90. The van der Waals surface area contributed by atoms with Gasteiger partial charge in [-0.25, -0.2) is 17.4 Å². The summed E-state index contributed by atoms with van der Waals surface area (Å²) in [6.07, 6.45) is -4.96. The first-order valence-electron chi connectivity index (χ1n) is 7.69. The predicted octanol–water partition coefficient (Wildman–Crippen LogP) is -2.47. The van der Waals surface area contributed by atoms with Crippen molar-refractivity contribution in [2.75, 3.05) is 26.0 Å². The number of hydrogen-bond acceptors (Lipinski definition) is 11. The third-order valence-corrected chi connectivity index (χ3v) is 5.75. The van der Waals surface area contributed by atoms with E-state index in [2.05, 4.69) is 20.3 Å². The smallest absolute Gasteiger partial charge is 0.244 e. The van der Waals surface area contributed by atoms with Gasteiger partial charge < -0.3 is 30.5 Å². The molecule has 2 aromatic rings. The van der Waals surface area contributed by atoms with E-state index in [-0.39, 0.29) is 27.9 Å². The summed E-state index contributed by atoms with van der Waals surface area (Å²) < 4.78 is 30.3. The number of benzene rings is 1. The molecular weight excluding hydrogens is 384 g/mol. The first-order chi connectivity index (χ1) is 12.6. The molecule has 0 saturated carbocycles. The molecule has 0 aliphatic heterocycles.